The third-order valence-corrected chi connectivity index (χ3v) is 2.22. The summed E-state index contributed by atoms with van der Waals surface area (Å²) in [5.41, 5.74) is 4.44. The van der Waals surface area contributed by atoms with Crippen LogP contribution in [-0.2, 0) is 0 Å². The Kier molecular flexibility index (Phi) is 7.31. The van der Waals surface area contributed by atoms with Crippen LogP contribution in [0.1, 0.15) is 19.8 Å². The number of hydrogen-bond acceptors (Lipinski definition) is 5. The Morgan fingerprint density at radius 3 is 2.77 bits per heavy atom. The van der Waals surface area contributed by atoms with Crippen LogP contribution in [0.15, 0.2) is 12.2 Å². The first kappa shape index (κ1) is 12.9. The van der Waals surface area contributed by atoms with E-state index in [-0.39, 0.29) is 0 Å². The summed E-state index contributed by atoms with van der Waals surface area (Å²) in [6, 6.07) is 0. The Morgan fingerprint density at radius 2 is 2.23 bits per heavy atom. The van der Waals surface area contributed by atoms with E-state index in [2.05, 4.69) is 9.44 Å². The molecule has 1 atom stereocenters. The van der Waals surface area contributed by atoms with Crippen molar-refractivity contribution in [1.29, 1.82) is 0 Å². The van der Waals surface area contributed by atoms with E-state index >= 15 is 0 Å². The second-order valence-corrected chi connectivity index (χ2v) is 3.74. The molecule has 0 aromatic rings. The molecule has 5 heteroatoms. The van der Waals surface area contributed by atoms with Crippen molar-refractivity contribution in [2.75, 3.05) is 13.6 Å². The highest BCUT2D eigenvalue weighted by molar-refractivity contribution is 7.95. The number of aliphatic hydroxyl groups is 1. The minimum absolute atomic E-state index is 0.556. The van der Waals surface area contributed by atoms with E-state index in [4.69, 9.17) is 5.73 Å². The van der Waals surface area contributed by atoms with E-state index in [1.807, 2.05) is 12.2 Å². The predicted octanol–water partition coefficient (Wildman–Crippen LogP) is 0.362. The minimum atomic E-state index is -0.841. The quantitative estimate of drug-likeness (QED) is 0.274. The molecule has 0 aromatic heterocycles. The Hall–Kier alpha value is -0.0700. The largest absolute Gasteiger partial charge is 0.375 e. The van der Waals surface area contributed by atoms with Gasteiger partial charge in [0.2, 0.25) is 0 Å². The molecule has 0 aromatic carbocycles. The van der Waals surface area contributed by atoms with Crippen LogP contribution in [0.2, 0.25) is 0 Å². The second-order valence-electron chi connectivity index (χ2n) is 2.93. The molecule has 0 aliphatic heterocycles. The third-order valence-electron chi connectivity index (χ3n) is 1.47. The summed E-state index contributed by atoms with van der Waals surface area (Å²) in [5.74, 6) is 0. The predicted molar refractivity (Wildman–Crippen MR) is 57.8 cm³/mol. The molecular formula is C8H19N3OS. The van der Waals surface area contributed by atoms with Gasteiger partial charge in [-0.15, -0.1) is 0 Å². The lowest BCUT2D eigenvalue weighted by atomic mass is 10.1. The molecular weight excluding hydrogens is 186 g/mol. The van der Waals surface area contributed by atoms with Crippen LogP contribution in [0.3, 0.4) is 0 Å². The molecule has 5 N–H and O–H groups in total. The number of hydrogen-bond donors (Lipinski definition) is 4. The van der Waals surface area contributed by atoms with Crippen molar-refractivity contribution in [3.63, 3.8) is 0 Å². The Morgan fingerprint density at radius 1 is 1.54 bits per heavy atom. The van der Waals surface area contributed by atoms with Gasteiger partial charge in [-0.3, -0.25) is 4.72 Å². The molecule has 0 aliphatic rings. The lowest BCUT2D eigenvalue weighted by Crippen LogP contribution is -2.38. The van der Waals surface area contributed by atoms with Crippen molar-refractivity contribution in [1.82, 2.24) is 9.44 Å². The second kappa shape index (κ2) is 7.34. The van der Waals surface area contributed by atoms with E-state index in [0.717, 1.165) is 6.42 Å². The van der Waals surface area contributed by atoms with Gasteiger partial charge in [0.25, 0.3) is 0 Å². The average molecular weight is 205 g/mol. The Balaban J connectivity index is 3.55. The van der Waals surface area contributed by atoms with Crippen molar-refractivity contribution in [3.8, 4) is 0 Å². The fourth-order valence-electron chi connectivity index (χ4n) is 0.790. The topological polar surface area (TPSA) is 70.3 Å². The van der Waals surface area contributed by atoms with Crippen LogP contribution in [0.5, 0.6) is 0 Å². The maximum atomic E-state index is 9.71. The maximum Gasteiger partial charge on any atom is 0.123 e. The SMILES string of the molecule is CNSNC(C)(O)CC/C=C/CN. The van der Waals surface area contributed by atoms with Crippen molar-refractivity contribution in [2.24, 2.45) is 5.73 Å². The lowest BCUT2D eigenvalue weighted by Gasteiger charge is -2.22. The number of nitrogens with two attached hydrogens (primary N) is 1. The molecule has 0 saturated carbocycles. The molecule has 0 saturated heterocycles. The first-order valence-corrected chi connectivity index (χ1v) is 5.11. The number of nitrogens with one attached hydrogen (secondary N) is 2. The highest BCUT2D eigenvalue weighted by Crippen LogP contribution is 2.11. The van der Waals surface area contributed by atoms with Crippen molar-refractivity contribution < 1.29 is 5.11 Å². The van der Waals surface area contributed by atoms with Crippen molar-refractivity contribution in [3.05, 3.63) is 12.2 Å². The van der Waals surface area contributed by atoms with Gasteiger partial charge in [0, 0.05) is 18.7 Å². The zero-order valence-corrected chi connectivity index (χ0v) is 9.03. The maximum absolute atomic E-state index is 9.71. The van der Waals surface area contributed by atoms with E-state index < -0.39 is 5.72 Å². The van der Waals surface area contributed by atoms with Crippen molar-refractivity contribution >= 4 is 12.1 Å². The molecule has 0 amide bonds. The highest BCUT2D eigenvalue weighted by Gasteiger charge is 2.17. The molecule has 0 aliphatic carbocycles. The van der Waals surface area contributed by atoms with E-state index in [1.165, 1.54) is 12.1 Å². The molecule has 4 nitrogen and oxygen atoms in total. The first-order chi connectivity index (χ1) is 6.12. The highest BCUT2D eigenvalue weighted by atomic mass is 32.2. The molecule has 1 unspecified atom stereocenters. The fourth-order valence-corrected chi connectivity index (χ4v) is 1.21. The molecule has 0 rings (SSSR count). The summed E-state index contributed by atoms with van der Waals surface area (Å²) >= 11 is 1.28. The molecule has 0 fully saturated rings. The molecule has 78 valence electrons. The summed E-state index contributed by atoms with van der Waals surface area (Å²) in [7, 11) is 1.79. The molecule has 0 spiro atoms. The monoisotopic (exact) mass is 205 g/mol. The summed E-state index contributed by atoms with van der Waals surface area (Å²) < 4.78 is 5.71. The summed E-state index contributed by atoms with van der Waals surface area (Å²) in [6.45, 7) is 2.30. The standard InChI is InChI=1S/C8H19N3OS/c1-8(12,11-13-10-2)6-4-3-5-7-9/h3,5,10-12H,4,6-7,9H2,1-2H3/b5-3+. The third kappa shape index (κ3) is 8.27. The van der Waals surface area contributed by atoms with Gasteiger partial charge >= 0.3 is 0 Å². The average Bonchev–Trinajstić information content (AvgIpc) is 2.09. The van der Waals surface area contributed by atoms with E-state index in [1.54, 1.807) is 14.0 Å². The van der Waals surface area contributed by atoms with Gasteiger partial charge in [-0.05, 0) is 26.8 Å². The summed E-state index contributed by atoms with van der Waals surface area (Å²) in [4.78, 5) is 0. The number of rotatable bonds is 7. The summed E-state index contributed by atoms with van der Waals surface area (Å²) in [5, 5.41) is 9.71. The lowest BCUT2D eigenvalue weighted by molar-refractivity contribution is 0.0433. The molecule has 0 heterocycles. The smallest absolute Gasteiger partial charge is 0.123 e. The number of allylic oxidation sites excluding steroid dienone is 1. The van der Waals surface area contributed by atoms with Gasteiger partial charge in [-0.1, -0.05) is 12.2 Å². The van der Waals surface area contributed by atoms with Gasteiger partial charge in [-0.25, -0.2) is 4.72 Å². The van der Waals surface area contributed by atoms with Crippen molar-refractivity contribution in [2.45, 2.75) is 25.5 Å². The van der Waals surface area contributed by atoms with E-state index in [0.29, 0.717) is 13.0 Å². The van der Waals surface area contributed by atoms with Crippen LogP contribution in [0.4, 0.5) is 0 Å². The Bertz CT molecular complexity index is 150. The van der Waals surface area contributed by atoms with Gasteiger partial charge in [0.1, 0.15) is 5.72 Å². The van der Waals surface area contributed by atoms with Gasteiger partial charge in [-0.2, -0.15) is 0 Å². The zero-order valence-electron chi connectivity index (χ0n) is 8.21. The first-order valence-electron chi connectivity index (χ1n) is 4.29. The molecule has 0 radical (unpaired) electrons. The summed E-state index contributed by atoms with van der Waals surface area (Å²) in [6.07, 6.45) is 5.35. The molecule has 0 bridgehead atoms. The van der Waals surface area contributed by atoms with Crippen LogP contribution in [-0.4, -0.2) is 24.4 Å². The zero-order chi connectivity index (χ0) is 10.2. The van der Waals surface area contributed by atoms with Crippen LogP contribution < -0.4 is 15.2 Å². The van der Waals surface area contributed by atoms with Crippen LogP contribution >= 0.6 is 12.1 Å². The normalized spacial score (nSPS) is 16.3. The Labute approximate surface area is 84.2 Å². The fraction of sp³-hybridized carbons (Fsp3) is 0.750. The van der Waals surface area contributed by atoms with Gasteiger partial charge < -0.3 is 10.8 Å². The van der Waals surface area contributed by atoms with E-state index in [9.17, 15) is 5.11 Å². The van der Waals surface area contributed by atoms with Crippen LogP contribution in [0, 0.1) is 0 Å². The minimum Gasteiger partial charge on any atom is -0.375 e. The van der Waals surface area contributed by atoms with Gasteiger partial charge in [0.05, 0.1) is 0 Å². The molecule has 13 heavy (non-hydrogen) atoms. The van der Waals surface area contributed by atoms with Gasteiger partial charge in [0.15, 0.2) is 0 Å². The van der Waals surface area contributed by atoms with Crippen LogP contribution in [0.25, 0.3) is 0 Å².